The first-order chi connectivity index (χ1) is 17.3. The number of rotatable bonds is 10. The van der Waals surface area contributed by atoms with Gasteiger partial charge in [0.2, 0.25) is 0 Å². The van der Waals surface area contributed by atoms with Crippen molar-refractivity contribution < 1.29 is 23.0 Å². The summed E-state index contributed by atoms with van der Waals surface area (Å²) in [7, 11) is 1.62. The number of pyridine rings is 1. The molecule has 0 spiro atoms. The normalized spacial score (nSPS) is 16.3. The van der Waals surface area contributed by atoms with Crippen molar-refractivity contribution in [1.29, 1.82) is 0 Å². The van der Waals surface area contributed by atoms with Crippen LogP contribution in [0.3, 0.4) is 0 Å². The average Bonchev–Trinajstić information content (AvgIpc) is 2.88. The lowest BCUT2D eigenvalue weighted by molar-refractivity contribution is -0.00828. The molecule has 4 rings (SSSR count). The molecule has 194 valence electrons. The zero-order chi connectivity index (χ0) is 25.7. The summed E-state index contributed by atoms with van der Waals surface area (Å²) in [6, 6.07) is 7.26. The third kappa shape index (κ3) is 6.10. The number of aliphatic hydroxyl groups is 1. The van der Waals surface area contributed by atoms with Crippen molar-refractivity contribution in [1.82, 2.24) is 10.3 Å². The van der Waals surface area contributed by atoms with E-state index in [-0.39, 0.29) is 10.3 Å². The van der Waals surface area contributed by atoms with Crippen molar-refractivity contribution in [3.8, 4) is 5.75 Å². The minimum absolute atomic E-state index is 0.0753. The van der Waals surface area contributed by atoms with Gasteiger partial charge in [0.25, 0.3) is 0 Å². The van der Waals surface area contributed by atoms with Crippen LogP contribution in [-0.4, -0.2) is 42.1 Å². The second-order valence-electron chi connectivity index (χ2n) is 9.29. The summed E-state index contributed by atoms with van der Waals surface area (Å²) < 4.78 is 46.4. The first kappa shape index (κ1) is 27.0. The summed E-state index contributed by atoms with van der Waals surface area (Å²) in [6.07, 6.45) is 5.46. The Hall–Kier alpha value is -2.00. The van der Waals surface area contributed by atoms with Gasteiger partial charge in [0.05, 0.1) is 23.8 Å². The van der Waals surface area contributed by atoms with Gasteiger partial charge >= 0.3 is 0 Å². The Bertz CT molecular complexity index is 1210. The van der Waals surface area contributed by atoms with E-state index >= 15 is 0 Å². The quantitative estimate of drug-likeness (QED) is 0.226. The molecular weight excluding hydrogens is 509 g/mol. The number of benzene rings is 2. The molecule has 36 heavy (non-hydrogen) atoms. The molecule has 0 radical (unpaired) electrons. The summed E-state index contributed by atoms with van der Waals surface area (Å²) >= 11 is 7.56. The SMILES string of the molecule is COc1ccc2ncc(Cl)c(CCCC3(C(O)CCSc4cc(F)cc(F)c4F)CCNCC3)c2c1. The lowest BCUT2D eigenvalue weighted by Crippen LogP contribution is -2.44. The van der Waals surface area contributed by atoms with Gasteiger partial charge in [-0.15, -0.1) is 11.8 Å². The van der Waals surface area contributed by atoms with Crippen LogP contribution in [0.2, 0.25) is 5.02 Å². The monoisotopic (exact) mass is 538 g/mol. The molecule has 1 aliphatic heterocycles. The van der Waals surface area contributed by atoms with Gasteiger partial charge in [-0.05, 0) is 86.9 Å². The Morgan fingerprint density at radius 3 is 2.72 bits per heavy atom. The Balaban J connectivity index is 1.43. The van der Waals surface area contributed by atoms with E-state index in [0.29, 0.717) is 23.3 Å². The Morgan fingerprint density at radius 2 is 1.97 bits per heavy atom. The molecule has 1 fully saturated rings. The third-order valence-corrected chi connectivity index (χ3v) is 8.52. The standard InChI is InChI=1S/C27H30ClF3N2O2S/c1-35-18-4-5-23-20(15-18)19(21(28)16-33-23)3-2-7-27(8-10-32-11-9-27)25(34)6-12-36-24-14-17(29)13-22(30)26(24)31/h4-5,13-16,25,32,34H,2-3,6-12H2,1H3. The summed E-state index contributed by atoms with van der Waals surface area (Å²) in [4.78, 5) is 4.35. The number of hydrogen-bond donors (Lipinski definition) is 2. The van der Waals surface area contributed by atoms with Crippen LogP contribution in [0, 0.1) is 22.9 Å². The molecule has 0 bridgehead atoms. The summed E-state index contributed by atoms with van der Waals surface area (Å²) in [5.74, 6) is -1.97. The number of aromatic nitrogens is 1. The van der Waals surface area contributed by atoms with Gasteiger partial charge < -0.3 is 15.2 Å². The summed E-state index contributed by atoms with van der Waals surface area (Å²) in [5.41, 5.74) is 1.58. The predicted octanol–water partition coefficient (Wildman–Crippen LogP) is 6.55. The van der Waals surface area contributed by atoms with E-state index in [2.05, 4.69) is 10.3 Å². The Kier molecular flexibility index (Phi) is 9.04. The van der Waals surface area contributed by atoms with Crippen LogP contribution in [0.5, 0.6) is 5.75 Å². The van der Waals surface area contributed by atoms with Gasteiger partial charge in [0.15, 0.2) is 11.6 Å². The topological polar surface area (TPSA) is 54.4 Å². The molecule has 2 aromatic carbocycles. The summed E-state index contributed by atoms with van der Waals surface area (Å²) in [6.45, 7) is 1.62. The number of hydrogen-bond acceptors (Lipinski definition) is 5. The number of aliphatic hydroxyl groups excluding tert-OH is 1. The molecule has 1 aliphatic rings. The van der Waals surface area contributed by atoms with Crippen LogP contribution in [0.1, 0.15) is 37.7 Å². The second-order valence-corrected chi connectivity index (χ2v) is 10.8. The number of thioether (sulfide) groups is 1. The molecule has 3 aromatic rings. The fourth-order valence-electron chi connectivity index (χ4n) is 5.10. The van der Waals surface area contributed by atoms with Crippen molar-refractivity contribution in [2.75, 3.05) is 26.0 Å². The number of aryl methyl sites for hydroxylation is 1. The van der Waals surface area contributed by atoms with E-state index in [9.17, 15) is 18.3 Å². The molecule has 9 heteroatoms. The zero-order valence-corrected chi connectivity index (χ0v) is 21.7. The average molecular weight is 539 g/mol. The molecular formula is C27H30ClF3N2O2S. The first-order valence-corrected chi connectivity index (χ1v) is 13.5. The highest BCUT2D eigenvalue weighted by Crippen LogP contribution is 2.41. The van der Waals surface area contributed by atoms with E-state index < -0.39 is 23.6 Å². The number of methoxy groups -OCH3 is 1. The number of piperidine rings is 1. The number of nitrogens with zero attached hydrogens (tertiary/aromatic N) is 1. The first-order valence-electron chi connectivity index (χ1n) is 12.1. The maximum absolute atomic E-state index is 14.0. The van der Waals surface area contributed by atoms with Crippen molar-refractivity contribution >= 4 is 34.3 Å². The van der Waals surface area contributed by atoms with Crippen LogP contribution < -0.4 is 10.1 Å². The molecule has 2 heterocycles. The van der Waals surface area contributed by atoms with E-state index in [1.54, 1.807) is 13.3 Å². The summed E-state index contributed by atoms with van der Waals surface area (Å²) in [5, 5.41) is 16.2. The molecule has 4 nitrogen and oxygen atoms in total. The van der Waals surface area contributed by atoms with Crippen LogP contribution in [0.25, 0.3) is 10.9 Å². The number of ether oxygens (including phenoxy) is 1. The molecule has 0 aliphatic carbocycles. The Morgan fingerprint density at radius 1 is 1.19 bits per heavy atom. The van der Waals surface area contributed by atoms with Gasteiger partial charge in [-0.1, -0.05) is 11.6 Å². The van der Waals surface area contributed by atoms with Crippen molar-refractivity contribution in [3.05, 3.63) is 64.6 Å². The largest absolute Gasteiger partial charge is 0.497 e. The molecule has 1 saturated heterocycles. The van der Waals surface area contributed by atoms with Crippen LogP contribution >= 0.6 is 23.4 Å². The van der Waals surface area contributed by atoms with E-state index in [0.717, 1.165) is 85.2 Å². The number of fused-ring (bicyclic) bond motifs is 1. The lowest BCUT2D eigenvalue weighted by Gasteiger charge is -2.42. The van der Waals surface area contributed by atoms with E-state index in [1.807, 2.05) is 18.2 Å². The van der Waals surface area contributed by atoms with E-state index in [1.165, 1.54) is 0 Å². The maximum Gasteiger partial charge on any atom is 0.172 e. The highest BCUT2D eigenvalue weighted by Gasteiger charge is 2.38. The van der Waals surface area contributed by atoms with Crippen LogP contribution in [0.15, 0.2) is 41.4 Å². The van der Waals surface area contributed by atoms with Gasteiger partial charge in [-0.3, -0.25) is 4.98 Å². The Labute approximate surface area is 218 Å². The fraction of sp³-hybridized carbons (Fsp3) is 0.444. The van der Waals surface area contributed by atoms with Crippen molar-refractivity contribution in [3.63, 3.8) is 0 Å². The third-order valence-electron chi connectivity index (χ3n) is 7.15. The minimum Gasteiger partial charge on any atom is -0.497 e. The maximum atomic E-state index is 14.0. The van der Waals surface area contributed by atoms with Crippen molar-refractivity contribution in [2.24, 2.45) is 5.41 Å². The van der Waals surface area contributed by atoms with Crippen molar-refractivity contribution in [2.45, 2.75) is 49.5 Å². The van der Waals surface area contributed by atoms with Gasteiger partial charge in [-0.25, -0.2) is 13.2 Å². The zero-order valence-electron chi connectivity index (χ0n) is 20.1. The predicted molar refractivity (Wildman–Crippen MR) is 138 cm³/mol. The highest BCUT2D eigenvalue weighted by molar-refractivity contribution is 7.99. The van der Waals surface area contributed by atoms with Crippen LogP contribution in [0.4, 0.5) is 13.2 Å². The molecule has 2 N–H and O–H groups in total. The second kappa shape index (κ2) is 12.0. The van der Waals surface area contributed by atoms with E-state index in [4.69, 9.17) is 16.3 Å². The van der Waals surface area contributed by atoms with Gasteiger partial charge in [0.1, 0.15) is 11.6 Å². The van der Waals surface area contributed by atoms with Gasteiger partial charge in [0, 0.05) is 28.3 Å². The minimum atomic E-state index is -1.20. The molecule has 1 atom stereocenters. The number of halogens is 4. The van der Waals surface area contributed by atoms with Crippen LogP contribution in [-0.2, 0) is 6.42 Å². The smallest absolute Gasteiger partial charge is 0.172 e. The lowest BCUT2D eigenvalue weighted by atomic mass is 9.70. The highest BCUT2D eigenvalue weighted by atomic mass is 35.5. The molecule has 1 aromatic heterocycles. The van der Waals surface area contributed by atoms with Gasteiger partial charge in [-0.2, -0.15) is 0 Å². The molecule has 1 unspecified atom stereocenters. The number of nitrogens with one attached hydrogen (secondary N) is 1. The fourth-order valence-corrected chi connectivity index (χ4v) is 6.33. The molecule has 0 saturated carbocycles. The molecule has 0 amide bonds.